The van der Waals surface area contributed by atoms with Gasteiger partial charge in [0.15, 0.2) is 0 Å². The van der Waals surface area contributed by atoms with Crippen molar-refractivity contribution < 1.29 is 0 Å². The van der Waals surface area contributed by atoms with Crippen molar-refractivity contribution in [3.05, 3.63) is 70.1 Å². The van der Waals surface area contributed by atoms with Crippen LogP contribution in [0.15, 0.2) is 58.4 Å². The third kappa shape index (κ3) is 2.43. The van der Waals surface area contributed by atoms with Crippen molar-refractivity contribution in [2.75, 3.05) is 10.8 Å². The molecule has 0 unspecified atom stereocenters. The van der Waals surface area contributed by atoms with Crippen LogP contribution >= 0.6 is 11.9 Å². The maximum atomic E-state index is 12.0. The van der Waals surface area contributed by atoms with Crippen LogP contribution in [0.4, 0.5) is 5.69 Å². The van der Waals surface area contributed by atoms with Gasteiger partial charge in [-0.25, -0.2) is 0 Å². The molecule has 4 rings (SSSR count). The molecule has 0 fully saturated rings. The van der Waals surface area contributed by atoms with Crippen LogP contribution in [-0.2, 0) is 12.8 Å². The zero-order chi connectivity index (χ0) is 15.8. The van der Waals surface area contributed by atoms with E-state index in [2.05, 4.69) is 40.5 Å². The first-order chi connectivity index (χ1) is 11.3. The van der Waals surface area contributed by atoms with Gasteiger partial charge in [0.25, 0.3) is 5.56 Å². The predicted octanol–water partition coefficient (Wildman–Crippen LogP) is 4.16. The van der Waals surface area contributed by atoms with E-state index in [4.69, 9.17) is 0 Å². The SMILES string of the molecule is CCc1cccc2c1CCN2Sc1cccc2c(=O)[nH]ccc12. The minimum absolute atomic E-state index is 0.0277. The van der Waals surface area contributed by atoms with Crippen molar-refractivity contribution >= 4 is 28.4 Å². The highest BCUT2D eigenvalue weighted by molar-refractivity contribution is 8.00. The van der Waals surface area contributed by atoms with E-state index in [1.54, 1.807) is 18.1 Å². The van der Waals surface area contributed by atoms with Gasteiger partial charge in [-0.2, -0.15) is 0 Å². The molecule has 116 valence electrons. The van der Waals surface area contributed by atoms with E-state index in [-0.39, 0.29) is 5.56 Å². The molecule has 4 heteroatoms. The Kier molecular flexibility index (Phi) is 3.62. The fourth-order valence-electron chi connectivity index (χ4n) is 3.29. The zero-order valence-corrected chi connectivity index (χ0v) is 13.8. The third-order valence-corrected chi connectivity index (χ3v) is 5.60. The smallest absolute Gasteiger partial charge is 0.255 e. The summed E-state index contributed by atoms with van der Waals surface area (Å²) in [7, 11) is 0. The van der Waals surface area contributed by atoms with E-state index in [0.717, 1.165) is 35.1 Å². The number of anilines is 1. The van der Waals surface area contributed by atoms with Crippen molar-refractivity contribution in [1.29, 1.82) is 0 Å². The molecule has 23 heavy (non-hydrogen) atoms. The average Bonchev–Trinajstić information content (AvgIpc) is 2.99. The van der Waals surface area contributed by atoms with Gasteiger partial charge in [-0.1, -0.05) is 25.1 Å². The van der Waals surface area contributed by atoms with Gasteiger partial charge in [0.1, 0.15) is 0 Å². The maximum absolute atomic E-state index is 12.0. The molecule has 0 aliphatic carbocycles. The van der Waals surface area contributed by atoms with Crippen molar-refractivity contribution in [3.8, 4) is 0 Å². The van der Waals surface area contributed by atoms with Crippen LogP contribution in [0.25, 0.3) is 10.8 Å². The monoisotopic (exact) mass is 322 g/mol. The van der Waals surface area contributed by atoms with Crippen molar-refractivity contribution in [1.82, 2.24) is 4.98 Å². The van der Waals surface area contributed by atoms with Crippen LogP contribution in [0.5, 0.6) is 0 Å². The summed E-state index contributed by atoms with van der Waals surface area (Å²) in [5, 5.41) is 1.76. The summed E-state index contributed by atoms with van der Waals surface area (Å²) >= 11 is 1.73. The number of aromatic amines is 1. The number of hydrogen-bond acceptors (Lipinski definition) is 3. The molecule has 0 saturated heterocycles. The van der Waals surface area contributed by atoms with Crippen LogP contribution in [-0.4, -0.2) is 11.5 Å². The Balaban J connectivity index is 1.74. The van der Waals surface area contributed by atoms with Crippen LogP contribution in [0, 0.1) is 0 Å². The van der Waals surface area contributed by atoms with E-state index < -0.39 is 0 Å². The standard InChI is InChI=1S/C19H18N2OS/c1-2-13-5-3-7-17-14(13)10-12-21(17)23-18-8-4-6-16-15(18)9-11-20-19(16)22/h3-9,11H,2,10,12H2,1H3,(H,20,22). The Morgan fingerprint density at radius 2 is 2.00 bits per heavy atom. The molecule has 1 aliphatic rings. The van der Waals surface area contributed by atoms with Crippen molar-refractivity contribution in [2.45, 2.75) is 24.7 Å². The number of hydrogen-bond donors (Lipinski definition) is 1. The summed E-state index contributed by atoms with van der Waals surface area (Å²) in [6.45, 7) is 3.22. The molecule has 0 bridgehead atoms. The van der Waals surface area contributed by atoms with E-state index >= 15 is 0 Å². The average molecular weight is 322 g/mol. The topological polar surface area (TPSA) is 36.1 Å². The number of benzene rings is 2. The summed E-state index contributed by atoms with van der Waals surface area (Å²) in [5.74, 6) is 0. The lowest BCUT2D eigenvalue weighted by Gasteiger charge is -2.19. The van der Waals surface area contributed by atoms with E-state index in [1.165, 1.54) is 16.8 Å². The van der Waals surface area contributed by atoms with Crippen LogP contribution in [0.3, 0.4) is 0 Å². The summed E-state index contributed by atoms with van der Waals surface area (Å²) in [6, 6.07) is 14.5. The number of nitrogens with zero attached hydrogens (tertiary/aromatic N) is 1. The molecular weight excluding hydrogens is 304 g/mol. The molecule has 2 aromatic carbocycles. The maximum Gasteiger partial charge on any atom is 0.255 e. The molecule has 1 N–H and O–H groups in total. The first-order valence-corrected chi connectivity index (χ1v) is 8.72. The fourth-order valence-corrected chi connectivity index (χ4v) is 4.40. The first kappa shape index (κ1) is 14.4. The Labute approximate surface area is 139 Å². The molecule has 0 atom stereocenters. The van der Waals surface area contributed by atoms with Gasteiger partial charge < -0.3 is 9.29 Å². The highest BCUT2D eigenvalue weighted by Gasteiger charge is 2.22. The quantitative estimate of drug-likeness (QED) is 0.736. The number of fused-ring (bicyclic) bond motifs is 2. The Bertz CT molecular complexity index is 932. The van der Waals surface area contributed by atoms with Gasteiger partial charge in [-0.15, -0.1) is 0 Å². The molecule has 3 aromatic rings. The largest absolute Gasteiger partial charge is 0.329 e. The van der Waals surface area contributed by atoms with E-state index in [9.17, 15) is 4.79 Å². The van der Waals surface area contributed by atoms with E-state index in [0.29, 0.717) is 0 Å². The highest BCUT2D eigenvalue weighted by atomic mass is 32.2. The summed E-state index contributed by atoms with van der Waals surface area (Å²) in [6.07, 6.45) is 3.89. The Morgan fingerprint density at radius 1 is 1.13 bits per heavy atom. The molecule has 0 radical (unpaired) electrons. The fraction of sp³-hybridized carbons (Fsp3) is 0.211. The molecule has 0 spiro atoms. The highest BCUT2D eigenvalue weighted by Crippen LogP contribution is 2.39. The number of pyridine rings is 1. The summed E-state index contributed by atoms with van der Waals surface area (Å²) in [5.41, 5.74) is 4.21. The van der Waals surface area contributed by atoms with Gasteiger partial charge >= 0.3 is 0 Å². The van der Waals surface area contributed by atoms with Gasteiger partial charge in [0.2, 0.25) is 0 Å². The molecule has 1 aromatic heterocycles. The van der Waals surface area contributed by atoms with Crippen LogP contribution in [0.1, 0.15) is 18.1 Å². The lowest BCUT2D eigenvalue weighted by Crippen LogP contribution is -2.11. The van der Waals surface area contributed by atoms with Gasteiger partial charge in [-0.05, 0) is 60.2 Å². The number of rotatable bonds is 3. The van der Waals surface area contributed by atoms with Crippen LogP contribution < -0.4 is 9.86 Å². The summed E-state index contributed by atoms with van der Waals surface area (Å²) in [4.78, 5) is 15.8. The Morgan fingerprint density at radius 3 is 2.87 bits per heavy atom. The predicted molar refractivity (Wildman–Crippen MR) is 97.3 cm³/mol. The second-order valence-corrected chi connectivity index (χ2v) is 6.80. The van der Waals surface area contributed by atoms with Gasteiger partial charge in [0.05, 0.1) is 5.69 Å². The minimum Gasteiger partial charge on any atom is -0.329 e. The molecular formula is C19H18N2OS. The van der Waals surface area contributed by atoms with E-state index in [1.807, 2.05) is 18.2 Å². The van der Waals surface area contributed by atoms with Crippen molar-refractivity contribution in [2.24, 2.45) is 0 Å². The van der Waals surface area contributed by atoms with Crippen molar-refractivity contribution in [3.63, 3.8) is 0 Å². The van der Waals surface area contributed by atoms with Crippen LogP contribution in [0.2, 0.25) is 0 Å². The van der Waals surface area contributed by atoms with Gasteiger partial charge in [0, 0.05) is 28.4 Å². The number of nitrogens with one attached hydrogen (secondary N) is 1. The normalized spacial score (nSPS) is 13.5. The molecule has 2 heterocycles. The third-order valence-electron chi connectivity index (χ3n) is 4.45. The zero-order valence-electron chi connectivity index (χ0n) is 13.0. The van der Waals surface area contributed by atoms with Gasteiger partial charge in [-0.3, -0.25) is 4.79 Å². The lowest BCUT2D eigenvalue weighted by atomic mass is 10.0. The number of aromatic nitrogens is 1. The molecule has 0 saturated carbocycles. The Hall–Kier alpha value is -2.20. The lowest BCUT2D eigenvalue weighted by molar-refractivity contribution is 1.02. The first-order valence-electron chi connectivity index (χ1n) is 7.94. The number of aryl methyl sites for hydroxylation is 1. The molecule has 1 aliphatic heterocycles. The minimum atomic E-state index is -0.0277. The molecule has 3 nitrogen and oxygen atoms in total. The second-order valence-electron chi connectivity index (χ2n) is 5.74. The second kappa shape index (κ2) is 5.78. The summed E-state index contributed by atoms with van der Waals surface area (Å²) < 4.78 is 2.35. The number of H-pyrrole nitrogens is 1. The molecule has 0 amide bonds.